The van der Waals surface area contributed by atoms with Gasteiger partial charge in [-0.2, -0.15) is 0 Å². The lowest BCUT2D eigenvalue weighted by molar-refractivity contribution is -0.0979. The van der Waals surface area contributed by atoms with Crippen LogP contribution < -0.4 is 0 Å². The number of likely N-dealkylation sites (N-methyl/N-ethyl adjacent to an activating group) is 1. The van der Waals surface area contributed by atoms with Crippen LogP contribution in [-0.4, -0.2) is 56.4 Å². The Labute approximate surface area is 137 Å². The maximum atomic E-state index is 8.00. The van der Waals surface area contributed by atoms with Gasteiger partial charge in [0.25, 0.3) is 0 Å². The molecule has 1 aliphatic heterocycles. The Balaban J connectivity index is 0.00000102. The van der Waals surface area contributed by atoms with Crippen LogP contribution in [0.15, 0.2) is 30.3 Å². The third kappa shape index (κ3) is 7.19. The van der Waals surface area contributed by atoms with Crippen molar-refractivity contribution < 1.29 is 4.79 Å². The number of nitrogens with zero attached hydrogens (tertiary/aromatic N) is 2. The lowest BCUT2D eigenvalue weighted by Gasteiger charge is -2.35. The quantitative estimate of drug-likeness (QED) is 0.851. The molecule has 0 atom stereocenters. The average molecular weight is 306 g/mol. The van der Waals surface area contributed by atoms with Crippen molar-refractivity contribution in [2.24, 2.45) is 0 Å². The van der Waals surface area contributed by atoms with E-state index in [9.17, 15) is 0 Å². The van der Waals surface area contributed by atoms with E-state index in [-0.39, 0.29) is 5.41 Å². The molecule has 0 spiro atoms. The predicted octanol–water partition coefficient (Wildman–Crippen LogP) is 3.44. The molecule has 0 radical (unpaired) electrons. The molecule has 3 nitrogen and oxygen atoms in total. The Morgan fingerprint density at radius 2 is 1.50 bits per heavy atom. The van der Waals surface area contributed by atoms with Crippen LogP contribution in [0.2, 0.25) is 0 Å². The minimum atomic E-state index is 0.282. The van der Waals surface area contributed by atoms with Crippen LogP contribution in [0.4, 0.5) is 0 Å². The summed E-state index contributed by atoms with van der Waals surface area (Å²) < 4.78 is 0. The molecule has 0 N–H and O–H groups in total. The van der Waals surface area contributed by atoms with Crippen molar-refractivity contribution in [2.75, 3.05) is 39.8 Å². The van der Waals surface area contributed by atoms with Crippen molar-refractivity contribution in [1.82, 2.24) is 9.80 Å². The van der Waals surface area contributed by atoms with Gasteiger partial charge in [0.05, 0.1) is 0 Å². The summed E-state index contributed by atoms with van der Waals surface area (Å²) in [4.78, 5) is 13.0. The molecule has 0 aliphatic carbocycles. The summed E-state index contributed by atoms with van der Waals surface area (Å²) in [5, 5.41) is 0. The van der Waals surface area contributed by atoms with Crippen molar-refractivity contribution in [1.29, 1.82) is 0 Å². The van der Waals surface area contributed by atoms with E-state index >= 15 is 0 Å². The molecule has 2 rings (SSSR count). The van der Waals surface area contributed by atoms with Crippen molar-refractivity contribution >= 4 is 6.79 Å². The summed E-state index contributed by atoms with van der Waals surface area (Å²) in [6.07, 6.45) is 1.24. The van der Waals surface area contributed by atoms with Crippen LogP contribution in [0, 0.1) is 0 Å². The average Bonchev–Trinajstić information content (AvgIpc) is 2.59. The Morgan fingerprint density at radius 1 is 1.00 bits per heavy atom. The van der Waals surface area contributed by atoms with E-state index in [0.717, 1.165) is 0 Å². The first-order chi connectivity index (χ1) is 10.6. The molecular formula is C19H34N2O. The highest BCUT2D eigenvalue weighted by Gasteiger charge is 2.22. The lowest BCUT2D eigenvalue weighted by Crippen LogP contribution is -2.45. The SMILES string of the molecule is C=O.CC.CN1CCN(CCC(C)(C)c2ccccc2)CC1. The highest BCUT2D eigenvalue weighted by molar-refractivity contribution is 5.23. The molecule has 1 saturated heterocycles. The van der Waals surface area contributed by atoms with Crippen LogP contribution >= 0.6 is 0 Å². The molecule has 0 unspecified atom stereocenters. The smallest absolute Gasteiger partial charge is 0.106 e. The van der Waals surface area contributed by atoms with Gasteiger partial charge in [0.2, 0.25) is 0 Å². The summed E-state index contributed by atoms with van der Waals surface area (Å²) >= 11 is 0. The van der Waals surface area contributed by atoms with Crippen molar-refractivity contribution in [3.63, 3.8) is 0 Å². The van der Waals surface area contributed by atoms with Crippen LogP contribution in [0.1, 0.15) is 39.7 Å². The highest BCUT2D eigenvalue weighted by atomic mass is 16.1. The third-order valence-electron chi connectivity index (χ3n) is 4.20. The zero-order chi connectivity index (χ0) is 17.0. The molecule has 1 aromatic rings. The molecule has 0 saturated carbocycles. The zero-order valence-corrected chi connectivity index (χ0v) is 15.1. The second-order valence-electron chi connectivity index (χ2n) is 6.14. The fraction of sp³-hybridized carbons (Fsp3) is 0.632. The number of hydrogen-bond acceptors (Lipinski definition) is 3. The van der Waals surface area contributed by atoms with E-state index in [1.165, 1.54) is 44.7 Å². The van der Waals surface area contributed by atoms with Gasteiger partial charge in [-0.15, -0.1) is 0 Å². The topological polar surface area (TPSA) is 23.6 Å². The largest absolute Gasteiger partial charge is 0.307 e. The predicted molar refractivity (Wildman–Crippen MR) is 96.5 cm³/mol. The minimum Gasteiger partial charge on any atom is -0.307 e. The number of piperazine rings is 1. The zero-order valence-electron chi connectivity index (χ0n) is 15.1. The van der Waals surface area contributed by atoms with E-state index in [1.807, 2.05) is 20.6 Å². The van der Waals surface area contributed by atoms with Gasteiger partial charge in [-0.1, -0.05) is 58.0 Å². The Hall–Kier alpha value is -1.19. The Morgan fingerprint density at radius 3 is 2.00 bits per heavy atom. The normalized spacial score (nSPS) is 16.0. The maximum Gasteiger partial charge on any atom is 0.106 e. The summed E-state index contributed by atoms with van der Waals surface area (Å²) in [7, 11) is 2.21. The molecule has 1 fully saturated rings. The summed E-state index contributed by atoms with van der Waals surface area (Å²) in [6.45, 7) is 16.8. The molecule has 1 heterocycles. The summed E-state index contributed by atoms with van der Waals surface area (Å²) in [5.41, 5.74) is 1.74. The van der Waals surface area contributed by atoms with Crippen molar-refractivity contribution in [3.05, 3.63) is 35.9 Å². The van der Waals surface area contributed by atoms with Crippen LogP contribution in [0.25, 0.3) is 0 Å². The number of carbonyl (C=O) groups excluding carboxylic acids is 1. The van der Waals surface area contributed by atoms with Gasteiger partial charge in [0.1, 0.15) is 6.79 Å². The third-order valence-corrected chi connectivity index (χ3v) is 4.20. The second-order valence-corrected chi connectivity index (χ2v) is 6.14. The first-order valence-electron chi connectivity index (χ1n) is 8.33. The van der Waals surface area contributed by atoms with Gasteiger partial charge in [-0.3, -0.25) is 0 Å². The second kappa shape index (κ2) is 11.4. The maximum absolute atomic E-state index is 8.00. The number of carbonyl (C=O) groups is 1. The summed E-state index contributed by atoms with van der Waals surface area (Å²) in [5.74, 6) is 0. The number of hydrogen-bond donors (Lipinski definition) is 0. The minimum absolute atomic E-state index is 0.282. The van der Waals surface area contributed by atoms with Gasteiger partial charge >= 0.3 is 0 Å². The molecular weight excluding hydrogens is 272 g/mol. The van der Waals surface area contributed by atoms with E-state index < -0.39 is 0 Å². The fourth-order valence-corrected chi connectivity index (χ4v) is 2.54. The van der Waals surface area contributed by atoms with Gasteiger partial charge in [-0.05, 0) is 31.0 Å². The monoisotopic (exact) mass is 306 g/mol. The number of rotatable bonds is 4. The summed E-state index contributed by atoms with van der Waals surface area (Å²) in [6, 6.07) is 10.9. The first kappa shape index (κ1) is 20.8. The first-order valence-corrected chi connectivity index (χ1v) is 8.33. The fourth-order valence-electron chi connectivity index (χ4n) is 2.54. The Kier molecular flexibility index (Phi) is 10.8. The van der Waals surface area contributed by atoms with Crippen LogP contribution in [0.3, 0.4) is 0 Å². The van der Waals surface area contributed by atoms with Crippen LogP contribution in [0.5, 0.6) is 0 Å². The molecule has 0 bridgehead atoms. The van der Waals surface area contributed by atoms with Gasteiger partial charge in [0.15, 0.2) is 0 Å². The highest BCUT2D eigenvalue weighted by Crippen LogP contribution is 2.27. The van der Waals surface area contributed by atoms with E-state index in [4.69, 9.17) is 4.79 Å². The van der Waals surface area contributed by atoms with E-state index in [0.29, 0.717) is 0 Å². The lowest BCUT2D eigenvalue weighted by atomic mass is 9.81. The Bertz CT molecular complexity index is 370. The standard InChI is InChI=1S/C16H26N2.C2H6.CH2O/c1-16(2,15-7-5-4-6-8-15)9-10-18-13-11-17(3)12-14-18;2*1-2/h4-8H,9-14H2,1-3H3;1-2H3;1H2. The van der Waals surface area contributed by atoms with Gasteiger partial charge in [0, 0.05) is 26.2 Å². The van der Waals surface area contributed by atoms with Gasteiger partial charge < -0.3 is 14.6 Å². The van der Waals surface area contributed by atoms with Crippen LogP contribution in [-0.2, 0) is 10.2 Å². The number of benzene rings is 1. The van der Waals surface area contributed by atoms with Crippen molar-refractivity contribution in [2.45, 2.75) is 39.5 Å². The molecule has 126 valence electrons. The molecule has 3 heteroatoms. The molecule has 0 amide bonds. The van der Waals surface area contributed by atoms with Crippen molar-refractivity contribution in [3.8, 4) is 0 Å². The molecule has 22 heavy (non-hydrogen) atoms. The molecule has 1 aliphatic rings. The van der Waals surface area contributed by atoms with E-state index in [1.54, 1.807) is 0 Å². The van der Waals surface area contributed by atoms with E-state index in [2.05, 4.69) is 61.0 Å². The molecule has 1 aromatic carbocycles. The molecule has 0 aromatic heterocycles. The van der Waals surface area contributed by atoms with Gasteiger partial charge in [-0.25, -0.2) is 0 Å².